The molecule has 0 bridgehead atoms. The molecule has 0 aliphatic rings. The molecule has 112 valence electrons. The molecule has 1 atom stereocenters. The Balaban J connectivity index is 3.72. The van der Waals surface area contributed by atoms with Gasteiger partial charge in [-0.3, -0.25) is 0 Å². The van der Waals surface area contributed by atoms with Crippen molar-refractivity contribution >= 4 is 23.2 Å². The predicted octanol–water partition coefficient (Wildman–Crippen LogP) is 3.52. The molecule has 0 heterocycles. The van der Waals surface area contributed by atoms with Gasteiger partial charge in [-0.05, 0) is 52.3 Å². The number of ether oxygens (including phenoxy) is 2. The molecule has 0 saturated heterocycles. The molecule has 0 radical (unpaired) electrons. The minimum Gasteiger partial charge on any atom is -0.458 e. The number of nitrogens with zero attached hydrogens (tertiary/aromatic N) is 1. The van der Waals surface area contributed by atoms with Crippen LogP contribution in [-0.4, -0.2) is 47.8 Å². The van der Waals surface area contributed by atoms with E-state index in [1.807, 2.05) is 20.8 Å². The molecule has 0 N–H and O–H groups in total. The first-order valence-corrected chi connectivity index (χ1v) is 7.78. The number of carbonyl (C=O) groups is 2. The molecule has 0 aromatic rings. The van der Waals surface area contributed by atoms with Crippen LogP contribution in [0.4, 0.5) is 9.59 Å². The van der Waals surface area contributed by atoms with E-state index in [4.69, 9.17) is 9.47 Å². The van der Waals surface area contributed by atoms with Crippen molar-refractivity contribution in [2.75, 3.05) is 25.4 Å². The van der Waals surface area contributed by atoms with Gasteiger partial charge in [0.2, 0.25) is 0 Å². The molecule has 0 aliphatic heterocycles. The molecule has 0 fully saturated rings. The van der Waals surface area contributed by atoms with Crippen LogP contribution in [0.2, 0.25) is 0 Å². The molecule has 0 aromatic heterocycles. The first-order valence-electron chi connectivity index (χ1n) is 6.80. The monoisotopic (exact) mass is 291 g/mol. The summed E-state index contributed by atoms with van der Waals surface area (Å²) in [6.45, 7) is 9.21. The second-order valence-corrected chi connectivity index (χ2v) is 5.07. The number of thioether (sulfide) groups is 1. The topological polar surface area (TPSA) is 55.8 Å². The van der Waals surface area contributed by atoms with Crippen LogP contribution in [0.3, 0.4) is 0 Å². The zero-order chi connectivity index (χ0) is 14.7. The number of carbonyl (C=O) groups excluding carboxylic acids is 2. The van der Waals surface area contributed by atoms with Gasteiger partial charge in [0.25, 0.3) is 0 Å². The maximum atomic E-state index is 11.7. The first-order chi connectivity index (χ1) is 9.04. The third-order valence-electron chi connectivity index (χ3n) is 2.56. The highest BCUT2D eigenvalue weighted by Crippen LogP contribution is 2.11. The minimum atomic E-state index is -0.268. The summed E-state index contributed by atoms with van der Waals surface area (Å²) < 4.78 is 10.1. The van der Waals surface area contributed by atoms with E-state index in [1.165, 1.54) is 11.8 Å². The lowest BCUT2D eigenvalue weighted by Crippen LogP contribution is -2.33. The minimum absolute atomic E-state index is 0.129. The Labute approximate surface area is 120 Å². The number of amides is 1. The molecular formula is C13H25NO4S. The van der Waals surface area contributed by atoms with Crippen LogP contribution in [0, 0.1) is 0 Å². The molecule has 0 saturated carbocycles. The highest BCUT2D eigenvalue weighted by molar-refractivity contribution is 8.13. The Morgan fingerprint density at radius 1 is 1.21 bits per heavy atom. The van der Waals surface area contributed by atoms with Gasteiger partial charge in [-0.2, -0.15) is 0 Å². The lowest BCUT2D eigenvalue weighted by molar-refractivity contribution is 0.0691. The average Bonchev–Trinajstić information content (AvgIpc) is 2.36. The van der Waals surface area contributed by atoms with E-state index < -0.39 is 0 Å². The number of hydrogen-bond donors (Lipinski definition) is 0. The molecule has 19 heavy (non-hydrogen) atoms. The Morgan fingerprint density at radius 2 is 1.84 bits per heavy atom. The molecule has 6 heteroatoms. The molecule has 0 aliphatic carbocycles. The Morgan fingerprint density at radius 3 is 2.37 bits per heavy atom. The van der Waals surface area contributed by atoms with Crippen molar-refractivity contribution in [1.29, 1.82) is 0 Å². The van der Waals surface area contributed by atoms with E-state index in [1.54, 1.807) is 11.8 Å². The molecule has 1 amide bonds. The van der Waals surface area contributed by atoms with Crippen LogP contribution in [0.15, 0.2) is 0 Å². The molecule has 0 aromatic carbocycles. The fourth-order valence-electron chi connectivity index (χ4n) is 1.47. The summed E-state index contributed by atoms with van der Waals surface area (Å²) >= 11 is 1.17. The van der Waals surface area contributed by atoms with Gasteiger partial charge >= 0.3 is 11.4 Å². The zero-order valence-electron chi connectivity index (χ0n) is 12.3. The van der Waals surface area contributed by atoms with Gasteiger partial charge in [0.15, 0.2) is 0 Å². The van der Waals surface area contributed by atoms with Crippen LogP contribution in [-0.2, 0) is 9.47 Å². The van der Waals surface area contributed by atoms with E-state index in [2.05, 4.69) is 0 Å². The third-order valence-corrected chi connectivity index (χ3v) is 3.41. The number of rotatable bonds is 8. The van der Waals surface area contributed by atoms with Crippen LogP contribution in [0.25, 0.3) is 0 Å². The van der Waals surface area contributed by atoms with Crippen molar-refractivity contribution < 1.29 is 19.1 Å². The molecule has 0 spiro atoms. The zero-order valence-corrected chi connectivity index (χ0v) is 13.1. The Hall–Kier alpha value is -0.910. The number of hydrogen-bond acceptors (Lipinski definition) is 5. The van der Waals surface area contributed by atoms with Gasteiger partial charge in [0.1, 0.15) is 6.10 Å². The van der Waals surface area contributed by atoms with E-state index in [0.717, 1.165) is 12.8 Å². The second-order valence-electron chi connectivity index (χ2n) is 4.04. The van der Waals surface area contributed by atoms with Crippen molar-refractivity contribution in [3.8, 4) is 0 Å². The first kappa shape index (κ1) is 18.1. The summed E-state index contributed by atoms with van der Waals surface area (Å²) in [7, 11) is 0. The van der Waals surface area contributed by atoms with E-state index in [0.29, 0.717) is 25.4 Å². The van der Waals surface area contributed by atoms with E-state index in [9.17, 15) is 9.59 Å². The van der Waals surface area contributed by atoms with Crippen molar-refractivity contribution in [3.05, 3.63) is 0 Å². The largest absolute Gasteiger partial charge is 0.458 e. The van der Waals surface area contributed by atoms with Crippen LogP contribution in [0.5, 0.6) is 0 Å². The quantitative estimate of drug-likeness (QED) is 0.506. The third kappa shape index (κ3) is 8.75. The highest BCUT2D eigenvalue weighted by atomic mass is 32.2. The molecule has 5 nitrogen and oxygen atoms in total. The van der Waals surface area contributed by atoms with Crippen molar-refractivity contribution in [3.63, 3.8) is 0 Å². The summed E-state index contributed by atoms with van der Waals surface area (Å²) in [5, 5.41) is -0.240. The fraction of sp³-hybridized carbons (Fsp3) is 0.846. The fourth-order valence-corrected chi connectivity index (χ4v) is 2.15. The van der Waals surface area contributed by atoms with E-state index >= 15 is 0 Å². The van der Waals surface area contributed by atoms with Gasteiger partial charge in [0.05, 0.1) is 6.61 Å². The standard InChI is InChI=1S/C13H25NO4S/c1-5-14(6-2)12(15)18-11(4)9-8-10-19-13(16)17-7-3/h11H,5-10H2,1-4H3. The normalized spacial score (nSPS) is 11.8. The van der Waals surface area contributed by atoms with Crippen LogP contribution >= 0.6 is 11.8 Å². The second kappa shape index (κ2) is 11.0. The lowest BCUT2D eigenvalue weighted by atomic mass is 10.2. The van der Waals surface area contributed by atoms with Crippen molar-refractivity contribution in [2.24, 2.45) is 0 Å². The van der Waals surface area contributed by atoms with Gasteiger partial charge in [-0.25, -0.2) is 9.59 Å². The smallest absolute Gasteiger partial charge is 0.409 e. The lowest BCUT2D eigenvalue weighted by Gasteiger charge is -2.21. The van der Waals surface area contributed by atoms with Crippen molar-refractivity contribution in [2.45, 2.75) is 46.6 Å². The summed E-state index contributed by atoms with van der Waals surface area (Å²) in [5.74, 6) is 0.687. The maximum absolute atomic E-state index is 11.7. The Kier molecular flexibility index (Phi) is 10.4. The summed E-state index contributed by atoms with van der Waals surface area (Å²) in [6.07, 6.45) is 1.17. The van der Waals surface area contributed by atoms with Gasteiger partial charge in [-0.1, -0.05) is 0 Å². The van der Waals surface area contributed by atoms with Crippen LogP contribution in [0.1, 0.15) is 40.5 Å². The SMILES string of the molecule is CCOC(=O)SCCCC(C)OC(=O)N(CC)CC. The van der Waals surface area contributed by atoms with Gasteiger partial charge in [-0.15, -0.1) is 0 Å². The summed E-state index contributed by atoms with van der Waals surface area (Å²) in [4.78, 5) is 24.4. The predicted molar refractivity (Wildman–Crippen MR) is 77.6 cm³/mol. The average molecular weight is 291 g/mol. The maximum Gasteiger partial charge on any atom is 0.409 e. The summed E-state index contributed by atoms with van der Waals surface area (Å²) in [6, 6.07) is 0. The van der Waals surface area contributed by atoms with Gasteiger partial charge < -0.3 is 14.4 Å². The molecule has 0 rings (SSSR count). The highest BCUT2D eigenvalue weighted by Gasteiger charge is 2.14. The van der Waals surface area contributed by atoms with Crippen LogP contribution < -0.4 is 0 Å². The molecule has 1 unspecified atom stereocenters. The molecular weight excluding hydrogens is 266 g/mol. The van der Waals surface area contributed by atoms with Gasteiger partial charge in [0, 0.05) is 18.8 Å². The van der Waals surface area contributed by atoms with Crippen molar-refractivity contribution in [1.82, 2.24) is 4.90 Å². The Bertz CT molecular complexity index is 269. The summed E-state index contributed by atoms with van der Waals surface area (Å²) in [5.41, 5.74) is 0. The van der Waals surface area contributed by atoms with E-state index in [-0.39, 0.29) is 17.5 Å².